The summed E-state index contributed by atoms with van der Waals surface area (Å²) in [6.45, 7) is 1.98. The zero-order valence-corrected chi connectivity index (χ0v) is 8.47. The molecular formula is C9H15N3O2. The maximum atomic E-state index is 10.8. The number of carboxylic acids is 1. The summed E-state index contributed by atoms with van der Waals surface area (Å²) in [4.78, 5) is 10.8. The Kier molecular flexibility index (Phi) is 3.62. The van der Waals surface area contributed by atoms with E-state index in [0.717, 1.165) is 12.1 Å². The third kappa shape index (κ3) is 2.83. The first-order valence-electron chi connectivity index (χ1n) is 4.71. The molecule has 78 valence electrons. The standard InChI is InChI=1S/C9H15N3O2/c1-3-4-7(9(13)14)5-8-6-12(2)11-10-8/h6-7H,3-5H2,1-2H3,(H,13,14). The molecule has 1 aromatic rings. The van der Waals surface area contributed by atoms with Gasteiger partial charge < -0.3 is 5.11 Å². The van der Waals surface area contributed by atoms with Gasteiger partial charge in [-0.1, -0.05) is 18.6 Å². The molecular weight excluding hydrogens is 182 g/mol. The molecule has 1 unspecified atom stereocenters. The fourth-order valence-corrected chi connectivity index (χ4v) is 1.40. The largest absolute Gasteiger partial charge is 0.481 e. The van der Waals surface area contributed by atoms with E-state index in [9.17, 15) is 4.79 Å². The Bertz CT molecular complexity index is 309. The lowest BCUT2D eigenvalue weighted by Crippen LogP contribution is -2.16. The van der Waals surface area contributed by atoms with Crippen LogP contribution >= 0.6 is 0 Å². The van der Waals surface area contributed by atoms with Gasteiger partial charge in [-0.25, -0.2) is 0 Å². The molecule has 5 heteroatoms. The van der Waals surface area contributed by atoms with Crippen LogP contribution in [0.25, 0.3) is 0 Å². The summed E-state index contributed by atoms with van der Waals surface area (Å²) in [5, 5.41) is 16.6. The molecule has 1 N–H and O–H groups in total. The Morgan fingerprint density at radius 1 is 1.71 bits per heavy atom. The van der Waals surface area contributed by atoms with Gasteiger partial charge in [0, 0.05) is 19.7 Å². The molecule has 0 saturated carbocycles. The van der Waals surface area contributed by atoms with Crippen molar-refractivity contribution in [3.63, 3.8) is 0 Å². The highest BCUT2D eigenvalue weighted by Crippen LogP contribution is 2.12. The van der Waals surface area contributed by atoms with Crippen LogP contribution in [0.15, 0.2) is 6.20 Å². The van der Waals surface area contributed by atoms with Crippen LogP contribution in [-0.2, 0) is 18.3 Å². The summed E-state index contributed by atoms with van der Waals surface area (Å²) in [5.74, 6) is -1.09. The molecule has 0 radical (unpaired) electrons. The summed E-state index contributed by atoms with van der Waals surface area (Å²) in [6, 6.07) is 0. The number of rotatable bonds is 5. The van der Waals surface area contributed by atoms with Crippen LogP contribution in [0.3, 0.4) is 0 Å². The summed E-state index contributed by atoms with van der Waals surface area (Å²) in [6.07, 6.45) is 3.78. The van der Waals surface area contributed by atoms with Crippen molar-refractivity contribution in [2.24, 2.45) is 13.0 Å². The van der Waals surface area contributed by atoms with E-state index in [0.29, 0.717) is 12.8 Å². The molecule has 0 aromatic carbocycles. The molecule has 0 aliphatic heterocycles. The molecule has 0 amide bonds. The SMILES string of the molecule is CCCC(Cc1cn(C)nn1)C(=O)O. The lowest BCUT2D eigenvalue weighted by Gasteiger charge is -2.07. The minimum atomic E-state index is -0.752. The van der Waals surface area contributed by atoms with Crippen LogP contribution in [0, 0.1) is 5.92 Å². The van der Waals surface area contributed by atoms with Gasteiger partial charge in [0.15, 0.2) is 0 Å². The van der Waals surface area contributed by atoms with Crippen LogP contribution in [0.1, 0.15) is 25.5 Å². The van der Waals surface area contributed by atoms with Gasteiger partial charge in [0.2, 0.25) is 0 Å². The second-order valence-corrected chi connectivity index (χ2v) is 3.41. The van der Waals surface area contributed by atoms with Gasteiger partial charge in [0.1, 0.15) is 0 Å². The van der Waals surface area contributed by atoms with E-state index >= 15 is 0 Å². The van der Waals surface area contributed by atoms with Crippen LogP contribution < -0.4 is 0 Å². The lowest BCUT2D eigenvalue weighted by molar-refractivity contribution is -0.141. The highest BCUT2D eigenvalue weighted by molar-refractivity contribution is 5.70. The Morgan fingerprint density at radius 2 is 2.43 bits per heavy atom. The number of nitrogens with zero attached hydrogens (tertiary/aromatic N) is 3. The molecule has 0 aliphatic carbocycles. The molecule has 1 rings (SSSR count). The third-order valence-electron chi connectivity index (χ3n) is 2.09. The Labute approximate surface area is 82.7 Å². The molecule has 0 spiro atoms. The van der Waals surface area contributed by atoms with Gasteiger partial charge in [-0.3, -0.25) is 9.48 Å². The van der Waals surface area contributed by atoms with Crippen molar-refractivity contribution < 1.29 is 9.90 Å². The molecule has 1 aromatic heterocycles. The van der Waals surface area contributed by atoms with E-state index in [-0.39, 0.29) is 5.92 Å². The number of aryl methyl sites for hydroxylation is 1. The first kappa shape index (κ1) is 10.7. The third-order valence-corrected chi connectivity index (χ3v) is 2.09. The first-order chi connectivity index (χ1) is 6.63. The molecule has 5 nitrogen and oxygen atoms in total. The molecule has 0 saturated heterocycles. The van der Waals surface area contributed by atoms with E-state index in [1.165, 1.54) is 0 Å². The fourth-order valence-electron chi connectivity index (χ4n) is 1.40. The van der Waals surface area contributed by atoms with E-state index in [1.807, 2.05) is 6.92 Å². The zero-order valence-electron chi connectivity index (χ0n) is 8.47. The van der Waals surface area contributed by atoms with Gasteiger partial charge >= 0.3 is 5.97 Å². The van der Waals surface area contributed by atoms with Crippen LogP contribution in [0.2, 0.25) is 0 Å². The quantitative estimate of drug-likeness (QED) is 0.760. The van der Waals surface area contributed by atoms with Gasteiger partial charge in [-0.2, -0.15) is 0 Å². The number of carboxylic acid groups (broad SMARTS) is 1. The molecule has 0 fully saturated rings. The average molecular weight is 197 g/mol. The minimum Gasteiger partial charge on any atom is -0.481 e. The van der Waals surface area contributed by atoms with Crippen LogP contribution in [-0.4, -0.2) is 26.1 Å². The molecule has 0 bridgehead atoms. The zero-order chi connectivity index (χ0) is 10.6. The monoisotopic (exact) mass is 197 g/mol. The average Bonchev–Trinajstić information content (AvgIpc) is 2.50. The number of aromatic nitrogens is 3. The van der Waals surface area contributed by atoms with Gasteiger partial charge in [0.05, 0.1) is 11.6 Å². The summed E-state index contributed by atoms with van der Waals surface area (Å²) in [5.41, 5.74) is 0.744. The van der Waals surface area contributed by atoms with E-state index in [4.69, 9.17) is 5.11 Å². The van der Waals surface area contributed by atoms with Crippen molar-refractivity contribution in [3.8, 4) is 0 Å². The first-order valence-corrected chi connectivity index (χ1v) is 4.71. The predicted octanol–water partition coefficient (Wildman–Crippen LogP) is 0.858. The Morgan fingerprint density at radius 3 is 2.86 bits per heavy atom. The number of aliphatic carboxylic acids is 1. The minimum absolute atomic E-state index is 0.336. The van der Waals surface area contributed by atoms with Crippen molar-refractivity contribution in [1.82, 2.24) is 15.0 Å². The second-order valence-electron chi connectivity index (χ2n) is 3.41. The van der Waals surface area contributed by atoms with Crippen molar-refractivity contribution in [2.75, 3.05) is 0 Å². The smallest absolute Gasteiger partial charge is 0.306 e. The number of carbonyl (C=O) groups is 1. The molecule has 1 atom stereocenters. The number of hydrogen-bond acceptors (Lipinski definition) is 3. The van der Waals surface area contributed by atoms with Crippen LogP contribution in [0.5, 0.6) is 0 Å². The summed E-state index contributed by atoms with van der Waals surface area (Å²) in [7, 11) is 1.77. The van der Waals surface area contributed by atoms with Gasteiger partial charge in [0.25, 0.3) is 0 Å². The van der Waals surface area contributed by atoms with Gasteiger partial charge in [-0.15, -0.1) is 5.10 Å². The maximum absolute atomic E-state index is 10.8. The van der Waals surface area contributed by atoms with Crippen LogP contribution in [0.4, 0.5) is 0 Å². The van der Waals surface area contributed by atoms with E-state index in [2.05, 4.69) is 10.3 Å². The number of hydrogen-bond donors (Lipinski definition) is 1. The fraction of sp³-hybridized carbons (Fsp3) is 0.667. The summed E-state index contributed by atoms with van der Waals surface area (Å²) >= 11 is 0. The van der Waals surface area contributed by atoms with Crippen molar-refractivity contribution in [2.45, 2.75) is 26.2 Å². The predicted molar refractivity (Wildman–Crippen MR) is 50.7 cm³/mol. The molecule has 0 aliphatic rings. The summed E-state index contributed by atoms with van der Waals surface area (Å²) < 4.78 is 1.58. The van der Waals surface area contributed by atoms with Crippen molar-refractivity contribution >= 4 is 5.97 Å². The maximum Gasteiger partial charge on any atom is 0.306 e. The molecule has 14 heavy (non-hydrogen) atoms. The highest BCUT2D eigenvalue weighted by atomic mass is 16.4. The molecule has 1 heterocycles. The lowest BCUT2D eigenvalue weighted by atomic mass is 9.99. The topological polar surface area (TPSA) is 68.0 Å². The second kappa shape index (κ2) is 4.74. The van der Waals surface area contributed by atoms with Crippen molar-refractivity contribution in [1.29, 1.82) is 0 Å². The normalized spacial score (nSPS) is 12.7. The van der Waals surface area contributed by atoms with E-state index < -0.39 is 5.97 Å². The Hall–Kier alpha value is -1.39. The highest BCUT2D eigenvalue weighted by Gasteiger charge is 2.18. The Balaban J connectivity index is 2.59. The van der Waals surface area contributed by atoms with E-state index in [1.54, 1.807) is 17.9 Å². The van der Waals surface area contributed by atoms with Crippen molar-refractivity contribution in [3.05, 3.63) is 11.9 Å². The van der Waals surface area contributed by atoms with Gasteiger partial charge in [-0.05, 0) is 6.42 Å².